The number of unbranched alkanes of at least 4 members (excludes halogenated alkanes) is 1. The first-order chi connectivity index (χ1) is 20.7. The van der Waals surface area contributed by atoms with Crippen molar-refractivity contribution in [2.75, 3.05) is 40.3 Å². The normalized spacial score (nSPS) is 43.7. The highest BCUT2D eigenvalue weighted by Gasteiger charge is 2.63. The zero-order valence-electron chi connectivity index (χ0n) is 25.6. The molecule has 0 aromatic rings. The number of ketones is 2. The molecular formula is C33H48FN5O4. The smallest absolute Gasteiger partial charge is 0.256 e. The number of carbonyl (C=O) groups is 3. The van der Waals surface area contributed by atoms with Gasteiger partial charge in [-0.3, -0.25) is 19.3 Å². The molecule has 3 aliphatic heterocycles. The SMILES string of the molecule is CN(C)CCCCNC(=O)C1=CN2C3CC4C(CC3OC3C(N5CC[C@H](N)C5)C(F)CC(C1=O)C32)C(=O)C1C=CCCC14. The van der Waals surface area contributed by atoms with Crippen LogP contribution >= 0.6 is 0 Å². The third-order valence-corrected chi connectivity index (χ3v) is 11.8. The van der Waals surface area contributed by atoms with Gasteiger partial charge in [-0.05, 0) is 83.8 Å². The van der Waals surface area contributed by atoms with Gasteiger partial charge in [-0.15, -0.1) is 0 Å². The Morgan fingerprint density at radius 3 is 2.72 bits per heavy atom. The van der Waals surface area contributed by atoms with E-state index in [0.717, 1.165) is 45.1 Å². The minimum Gasteiger partial charge on any atom is -0.369 e. The Balaban J connectivity index is 1.20. The predicted octanol–water partition coefficient (Wildman–Crippen LogP) is 1.67. The predicted molar refractivity (Wildman–Crippen MR) is 159 cm³/mol. The van der Waals surface area contributed by atoms with E-state index in [0.29, 0.717) is 37.8 Å². The summed E-state index contributed by atoms with van der Waals surface area (Å²) < 4.78 is 23.1. The average Bonchev–Trinajstić information content (AvgIpc) is 3.53. The summed E-state index contributed by atoms with van der Waals surface area (Å²) in [5.74, 6) is -0.374. The third kappa shape index (κ3) is 5.10. The summed E-state index contributed by atoms with van der Waals surface area (Å²) in [4.78, 5) is 47.5. The van der Waals surface area contributed by atoms with Crippen LogP contribution in [0, 0.1) is 29.6 Å². The van der Waals surface area contributed by atoms with Gasteiger partial charge in [0, 0.05) is 49.6 Å². The van der Waals surface area contributed by atoms with Gasteiger partial charge in [0.05, 0.1) is 35.9 Å². The zero-order valence-corrected chi connectivity index (χ0v) is 25.6. The summed E-state index contributed by atoms with van der Waals surface area (Å²) in [5.41, 5.74) is 6.40. The number of amides is 1. The fourth-order valence-electron chi connectivity index (χ4n) is 9.84. The van der Waals surface area contributed by atoms with Crippen molar-refractivity contribution >= 4 is 17.5 Å². The Morgan fingerprint density at radius 1 is 1.12 bits per heavy atom. The number of alkyl halides is 1. The maximum Gasteiger partial charge on any atom is 0.256 e. The molecule has 3 N–H and O–H groups in total. The molecular weight excluding hydrogens is 549 g/mol. The van der Waals surface area contributed by atoms with E-state index >= 15 is 4.39 Å². The molecule has 43 heavy (non-hydrogen) atoms. The van der Waals surface area contributed by atoms with Crippen molar-refractivity contribution < 1.29 is 23.5 Å². The van der Waals surface area contributed by atoms with E-state index in [9.17, 15) is 14.4 Å². The number of nitrogens with zero attached hydrogens (tertiary/aromatic N) is 3. The second kappa shape index (κ2) is 11.7. The molecule has 11 unspecified atom stereocenters. The van der Waals surface area contributed by atoms with Crippen LogP contribution in [0.3, 0.4) is 0 Å². The molecule has 12 atom stereocenters. The Labute approximate surface area is 254 Å². The summed E-state index contributed by atoms with van der Waals surface area (Å²) in [6.07, 6.45) is 10.2. The molecule has 0 radical (unpaired) electrons. The van der Waals surface area contributed by atoms with Crippen molar-refractivity contribution in [3.8, 4) is 0 Å². The number of rotatable bonds is 7. The fourth-order valence-corrected chi connectivity index (χ4v) is 9.84. The minimum absolute atomic E-state index is 0.00113. The number of morpholine rings is 1. The fraction of sp³-hybridized carbons (Fsp3) is 0.788. The largest absolute Gasteiger partial charge is 0.369 e. The van der Waals surface area contributed by atoms with Crippen molar-refractivity contribution in [1.29, 1.82) is 0 Å². The number of nitrogens with two attached hydrogens (primary N) is 1. The molecule has 0 spiro atoms. The van der Waals surface area contributed by atoms with Crippen LogP contribution in [-0.4, -0.2) is 115 Å². The average molecular weight is 598 g/mol. The first-order valence-electron chi connectivity index (χ1n) is 16.7. The topological polar surface area (TPSA) is 108 Å². The summed E-state index contributed by atoms with van der Waals surface area (Å²) >= 11 is 0. The van der Waals surface area contributed by atoms with Crippen LogP contribution in [0.1, 0.15) is 51.4 Å². The maximum atomic E-state index is 16.2. The highest BCUT2D eigenvalue weighted by molar-refractivity contribution is 6.20. The standard InChI is InChI=1S/C33H48FN5O4/c1-37(2)11-6-5-10-36-33(42)24-17-39-26-14-21-19-7-3-4-8-20(19)30(40)22(21)15-27(26)43-32-28(39)23(31(24)41)13-25(34)29(32)38-12-9-18(35)16-38/h4,8,17-23,25-29,32H,3,5-7,9-16,35H2,1-2H3,(H,36,42)/t18-,19?,20?,21?,22?,23?,25?,26?,27?,28?,29?,32?/m0/s1. The molecule has 0 aromatic carbocycles. The van der Waals surface area contributed by atoms with E-state index in [2.05, 4.69) is 32.2 Å². The number of hydrogen-bond donors (Lipinski definition) is 2. The summed E-state index contributed by atoms with van der Waals surface area (Å²) in [7, 11) is 4.04. The van der Waals surface area contributed by atoms with Gasteiger partial charge in [-0.1, -0.05) is 12.2 Å². The van der Waals surface area contributed by atoms with Gasteiger partial charge < -0.3 is 25.6 Å². The van der Waals surface area contributed by atoms with Gasteiger partial charge in [0.1, 0.15) is 12.0 Å². The molecule has 0 bridgehead atoms. The van der Waals surface area contributed by atoms with E-state index in [1.54, 1.807) is 6.20 Å². The van der Waals surface area contributed by atoms with Crippen LogP contribution in [-0.2, 0) is 19.1 Å². The molecule has 7 aliphatic rings. The van der Waals surface area contributed by atoms with Gasteiger partial charge in [0.15, 0.2) is 5.78 Å². The molecule has 3 heterocycles. The monoisotopic (exact) mass is 597 g/mol. The Hall–Kier alpha value is -2.14. The van der Waals surface area contributed by atoms with Crippen LogP contribution in [0.5, 0.6) is 0 Å². The second-order valence-corrected chi connectivity index (χ2v) is 14.5. The van der Waals surface area contributed by atoms with E-state index in [1.165, 1.54) is 0 Å². The number of hydrogen-bond acceptors (Lipinski definition) is 8. The molecule has 9 nitrogen and oxygen atoms in total. The first kappa shape index (κ1) is 29.6. The number of Topliss-reactive ketones (excluding diaryl/α,β-unsaturated/α-hetero) is 2. The Kier molecular flexibility index (Phi) is 8.01. The first-order valence-corrected chi connectivity index (χ1v) is 16.7. The number of allylic oxidation sites excluding steroid dienone is 2. The van der Waals surface area contributed by atoms with Crippen molar-refractivity contribution in [2.45, 2.75) is 93.9 Å². The molecule has 2 saturated heterocycles. The lowest BCUT2D eigenvalue weighted by Crippen LogP contribution is -2.73. The lowest BCUT2D eigenvalue weighted by atomic mass is 9.66. The number of ether oxygens (including phenoxy) is 1. The molecule has 3 saturated carbocycles. The quantitative estimate of drug-likeness (QED) is 0.259. The second-order valence-electron chi connectivity index (χ2n) is 14.5. The Bertz CT molecular complexity index is 1190. The van der Waals surface area contributed by atoms with Crippen molar-refractivity contribution in [3.63, 3.8) is 0 Å². The number of likely N-dealkylation sites (tertiary alicyclic amines) is 1. The van der Waals surface area contributed by atoms with Crippen molar-refractivity contribution in [3.05, 3.63) is 23.9 Å². The number of carbonyl (C=O) groups excluding carboxylic acids is 3. The Morgan fingerprint density at radius 2 is 1.95 bits per heavy atom. The maximum absolute atomic E-state index is 16.2. The number of halogens is 1. The number of fused-ring (bicyclic) bond motifs is 5. The van der Waals surface area contributed by atoms with E-state index < -0.39 is 24.2 Å². The van der Waals surface area contributed by atoms with Crippen LogP contribution in [0.2, 0.25) is 0 Å². The summed E-state index contributed by atoms with van der Waals surface area (Å²) in [5, 5.41) is 2.97. The van der Waals surface area contributed by atoms with Gasteiger partial charge in [0.2, 0.25) is 0 Å². The minimum atomic E-state index is -1.26. The van der Waals surface area contributed by atoms with Gasteiger partial charge in [0.25, 0.3) is 5.91 Å². The highest BCUT2D eigenvalue weighted by atomic mass is 19.1. The zero-order chi connectivity index (χ0) is 30.0. The molecule has 0 aromatic heterocycles. The van der Waals surface area contributed by atoms with Crippen LogP contribution in [0.25, 0.3) is 0 Å². The van der Waals surface area contributed by atoms with Crippen LogP contribution in [0.15, 0.2) is 23.9 Å². The van der Waals surface area contributed by atoms with E-state index in [4.69, 9.17) is 10.5 Å². The number of nitrogens with one attached hydrogen (secondary N) is 1. The third-order valence-electron chi connectivity index (χ3n) is 11.8. The van der Waals surface area contributed by atoms with Crippen molar-refractivity contribution in [1.82, 2.24) is 20.0 Å². The highest BCUT2D eigenvalue weighted by Crippen LogP contribution is 2.55. The lowest BCUT2D eigenvalue weighted by molar-refractivity contribution is -0.217. The molecule has 1 amide bonds. The molecule has 7 rings (SSSR count). The summed E-state index contributed by atoms with van der Waals surface area (Å²) in [6, 6.07) is -0.860. The molecule has 4 aliphatic carbocycles. The lowest BCUT2D eigenvalue weighted by Gasteiger charge is -2.61. The van der Waals surface area contributed by atoms with E-state index in [-0.39, 0.29) is 65.7 Å². The van der Waals surface area contributed by atoms with Crippen molar-refractivity contribution in [2.24, 2.45) is 35.3 Å². The van der Waals surface area contributed by atoms with Crippen LogP contribution < -0.4 is 11.1 Å². The van der Waals surface area contributed by atoms with Gasteiger partial charge in [-0.2, -0.15) is 0 Å². The summed E-state index contributed by atoms with van der Waals surface area (Å²) in [6.45, 7) is 2.75. The molecule has 236 valence electrons. The van der Waals surface area contributed by atoms with Gasteiger partial charge >= 0.3 is 0 Å². The van der Waals surface area contributed by atoms with Crippen LogP contribution in [0.4, 0.5) is 4.39 Å². The molecule has 5 fully saturated rings. The van der Waals surface area contributed by atoms with E-state index in [1.807, 2.05) is 14.1 Å². The molecule has 10 heteroatoms. The van der Waals surface area contributed by atoms with Gasteiger partial charge in [-0.25, -0.2) is 4.39 Å².